The topological polar surface area (TPSA) is 95.2 Å². The van der Waals surface area contributed by atoms with Gasteiger partial charge in [0, 0.05) is 43.2 Å². The molecule has 2 aromatic heterocycles. The molecule has 0 spiro atoms. The van der Waals surface area contributed by atoms with E-state index in [2.05, 4.69) is 9.97 Å². The van der Waals surface area contributed by atoms with Gasteiger partial charge >= 0.3 is 0 Å². The van der Waals surface area contributed by atoms with Gasteiger partial charge in [-0.25, -0.2) is 14.4 Å². The minimum Gasteiger partial charge on any atom is -0.382 e. The Morgan fingerprint density at radius 1 is 1.04 bits per heavy atom. The van der Waals surface area contributed by atoms with E-state index in [9.17, 15) is 4.39 Å². The van der Waals surface area contributed by atoms with Crippen molar-refractivity contribution in [3.05, 3.63) is 54.1 Å². The van der Waals surface area contributed by atoms with Crippen molar-refractivity contribution in [3.63, 3.8) is 0 Å². The molecule has 7 nitrogen and oxygen atoms in total. The summed E-state index contributed by atoms with van der Waals surface area (Å²) in [6.07, 6.45) is 3.71. The van der Waals surface area contributed by atoms with Crippen molar-refractivity contribution in [2.75, 3.05) is 42.7 Å². The fourth-order valence-corrected chi connectivity index (χ4v) is 3.23. The number of aromatic nitrogens is 3. The molecule has 27 heavy (non-hydrogen) atoms. The lowest BCUT2D eigenvalue weighted by Gasteiger charge is -2.30. The van der Waals surface area contributed by atoms with E-state index in [0.717, 1.165) is 5.56 Å². The van der Waals surface area contributed by atoms with Gasteiger partial charge in [-0.15, -0.1) is 0 Å². The number of hydrogen-bond acceptors (Lipinski definition) is 6. The quantitative estimate of drug-likeness (QED) is 0.733. The maximum Gasteiger partial charge on any atom is 0.165 e. The maximum atomic E-state index is 13.8. The molecule has 1 saturated heterocycles. The van der Waals surface area contributed by atoms with Gasteiger partial charge in [-0.3, -0.25) is 0 Å². The fourth-order valence-electron chi connectivity index (χ4n) is 3.23. The number of morpholine rings is 1. The summed E-state index contributed by atoms with van der Waals surface area (Å²) >= 11 is 0. The monoisotopic (exact) mass is 368 g/mol. The van der Waals surface area contributed by atoms with Crippen LogP contribution in [0.15, 0.2) is 42.7 Å². The first-order chi connectivity index (χ1) is 13.1. The molecule has 3 heterocycles. The van der Waals surface area contributed by atoms with Gasteiger partial charge in [0.25, 0.3) is 0 Å². The van der Waals surface area contributed by atoms with Crippen LogP contribution >= 0.6 is 0 Å². The Balaban J connectivity index is 1.59. The van der Waals surface area contributed by atoms with Gasteiger partial charge < -0.3 is 25.7 Å². The van der Waals surface area contributed by atoms with Crippen molar-refractivity contribution in [3.8, 4) is 11.4 Å². The SMILES string of the molecule is Nc1nc(-c2ccn(Cc3ccccc3F)c2)nc(N)c1N1CCOCC1. The summed E-state index contributed by atoms with van der Waals surface area (Å²) in [5.74, 6) is 0.921. The van der Waals surface area contributed by atoms with Crippen molar-refractivity contribution in [2.45, 2.75) is 6.54 Å². The zero-order valence-corrected chi connectivity index (χ0v) is 14.8. The average molecular weight is 368 g/mol. The van der Waals surface area contributed by atoms with Gasteiger partial charge in [-0.05, 0) is 12.1 Å². The molecule has 4 N–H and O–H groups in total. The molecule has 1 fully saturated rings. The smallest absolute Gasteiger partial charge is 0.165 e. The third kappa shape index (κ3) is 3.56. The molecular weight excluding hydrogens is 347 g/mol. The van der Waals surface area contributed by atoms with Crippen molar-refractivity contribution < 1.29 is 9.13 Å². The summed E-state index contributed by atoms with van der Waals surface area (Å²) in [7, 11) is 0. The van der Waals surface area contributed by atoms with Crippen LogP contribution in [0, 0.1) is 5.82 Å². The largest absolute Gasteiger partial charge is 0.382 e. The average Bonchev–Trinajstić information content (AvgIpc) is 3.13. The van der Waals surface area contributed by atoms with Crippen LogP contribution in [0.1, 0.15) is 5.56 Å². The van der Waals surface area contributed by atoms with Gasteiger partial charge in [-0.1, -0.05) is 18.2 Å². The van der Waals surface area contributed by atoms with E-state index in [0.29, 0.717) is 61.6 Å². The van der Waals surface area contributed by atoms with Crippen LogP contribution in [0.25, 0.3) is 11.4 Å². The zero-order valence-electron chi connectivity index (χ0n) is 14.8. The second kappa shape index (κ2) is 7.24. The summed E-state index contributed by atoms with van der Waals surface area (Å²) in [5, 5.41) is 0. The number of hydrogen-bond donors (Lipinski definition) is 2. The molecule has 0 atom stereocenters. The van der Waals surface area contributed by atoms with Crippen LogP contribution in [0.4, 0.5) is 21.7 Å². The standard InChI is InChI=1S/C19H21FN6O/c20-15-4-2-1-3-13(15)11-25-6-5-14(12-25)19-23-17(21)16(18(22)24-19)26-7-9-27-10-8-26/h1-6,12H,7-11H2,(H4,21,22,23,24). The number of nitrogen functional groups attached to an aromatic ring is 2. The number of ether oxygens (including phenoxy) is 1. The van der Waals surface area contributed by atoms with Crippen molar-refractivity contribution in [2.24, 2.45) is 0 Å². The molecule has 0 unspecified atom stereocenters. The number of anilines is 3. The van der Waals surface area contributed by atoms with Gasteiger partial charge in [-0.2, -0.15) is 0 Å². The zero-order chi connectivity index (χ0) is 18.8. The number of rotatable bonds is 4. The van der Waals surface area contributed by atoms with Crippen molar-refractivity contribution in [1.29, 1.82) is 0 Å². The lowest BCUT2D eigenvalue weighted by Crippen LogP contribution is -2.37. The molecule has 3 aromatic rings. The van der Waals surface area contributed by atoms with Crippen LogP contribution in [0.3, 0.4) is 0 Å². The number of halogens is 1. The molecule has 0 amide bonds. The minimum absolute atomic E-state index is 0.229. The second-order valence-electron chi connectivity index (χ2n) is 6.43. The Labute approximate surface area is 156 Å². The fraction of sp³-hybridized carbons (Fsp3) is 0.263. The summed E-state index contributed by atoms with van der Waals surface area (Å²) in [6.45, 7) is 3.08. The van der Waals surface area contributed by atoms with E-state index in [1.807, 2.05) is 34.0 Å². The van der Waals surface area contributed by atoms with Crippen LogP contribution in [0.2, 0.25) is 0 Å². The van der Waals surface area contributed by atoms with Crippen molar-refractivity contribution >= 4 is 17.3 Å². The predicted octanol–water partition coefficient (Wildman–Crippen LogP) is 2.13. The Kier molecular flexibility index (Phi) is 4.64. The van der Waals surface area contributed by atoms with E-state index in [4.69, 9.17) is 16.2 Å². The Morgan fingerprint density at radius 2 is 1.74 bits per heavy atom. The summed E-state index contributed by atoms with van der Waals surface area (Å²) in [4.78, 5) is 10.9. The highest BCUT2D eigenvalue weighted by atomic mass is 19.1. The third-order valence-corrected chi connectivity index (χ3v) is 4.58. The van der Waals surface area contributed by atoms with E-state index < -0.39 is 0 Å². The highest BCUT2D eigenvalue weighted by Gasteiger charge is 2.20. The van der Waals surface area contributed by atoms with Gasteiger partial charge in [0.05, 0.1) is 13.2 Å². The Bertz CT molecular complexity index is 928. The molecule has 140 valence electrons. The van der Waals surface area contributed by atoms with E-state index in [1.165, 1.54) is 6.07 Å². The first-order valence-electron chi connectivity index (χ1n) is 8.77. The van der Waals surface area contributed by atoms with Gasteiger partial charge in [0.15, 0.2) is 17.5 Å². The third-order valence-electron chi connectivity index (χ3n) is 4.58. The normalized spacial score (nSPS) is 14.5. The Morgan fingerprint density at radius 3 is 2.44 bits per heavy atom. The highest BCUT2D eigenvalue weighted by Crippen LogP contribution is 2.30. The van der Waals surface area contributed by atoms with E-state index in [1.54, 1.807) is 12.1 Å². The van der Waals surface area contributed by atoms with Crippen molar-refractivity contribution in [1.82, 2.24) is 14.5 Å². The number of nitrogens with two attached hydrogens (primary N) is 2. The van der Waals surface area contributed by atoms with Crippen LogP contribution in [-0.2, 0) is 11.3 Å². The second-order valence-corrected chi connectivity index (χ2v) is 6.43. The molecule has 1 aromatic carbocycles. The molecule has 8 heteroatoms. The van der Waals surface area contributed by atoms with E-state index >= 15 is 0 Å². The first-order valence-corrected chi connectivity index (χ1v) is 8.77. The number of benzene rings is 1. The minimum atomic E-state index is -0.229. The molecule has 1 aliphatic heterocycles. The Hall–Kier alpha value is -3.13. The van der Waals surface area contributed by atoms with Crippen LogP contribution < -0.4 is 16.4 Å². The maximum absolute atomic E-state index is 13.8. The highest BCUT2D eigenvalue weighted by molar-refractivity contribution is 5.78. The lowest BCUT2D eigenvalue weighted by atomic mass is 10.2. The van der Waals surface area contributed by atoms with Crippen LogP contribution in [0.5, 0.6) is 0 Å². The number of nitrogens with zero attached hydrogens (tertiary/aromatic N) is 4. The molecular formula is C19H21FN6O. The van der Waals surface area contributed by atoms with Gasteiger partial charge in [0.2, 0.25) is 0 Å². The first kappa shape index (κ1) is 17.3. The molecule has 4 rings (SSSR count). The van der Waals surface area contributed by atoms with Crippen LogP contribution in [-0.4, -0.2) is 40.8 Å². The molecule has 0 aliphatic carbocycles. The molecule has 0 saturated carbocycles. The molecule has 0 bridgehead atoms. The summed E-state index contributed by atoms with van der Waals surface area (Å²) < 4.78 is 21.1. The predicted molar refractivity (Wildman–Crippen MR) is 103 cm³/mol. The summed E-state index contributed by atoms with van der Waals surface area (Å²) in [6, 6.07) is 8.57. The molecule has 0 radical (unpaired) electrons. The molecule has 1 aliphatic rings. The summed E-state index contributed by atoms with van der Waals surface area (Å²) in [5.41, 5.74) is 14.4. The van der Waals surface area contributed by atoms with E-state index in [-0.39, 0.29) is 5.82 Å². The van der Waals surface area contributed by atoms with Gasteiger partial charge in [0.1, 0.15) is 11.5 Å². The lowest BCUT2D eigenvalue weighted by molar-refractivity contribution is 0.123.